The van der Waals surface area contributed by atoms with E-state index in [2.05, 4.69) is 11.2 Å². The molecule has 0 aliphatic carbocycles. The number of benzene rings is 2. The van der Waals surface area contributed by atoms with Gasteiger partial charge < -0.3 is 11.1 Å². The minimum absolute atomic E-state index is 0.164. The Labute approximate surface area is 116 Å². The highest BCUT2D eigenvalue weighted by Crippen LogP contribution is 2.19. The molecule has 0 fully saturated rings. The summed E-state index contributed by atoms with van der Waals surface area (Å²) in [5.41, 5.74) is 7.58. The van der Waals surface area contributed by atoms with Gasteiger partial charge in [0.1, 0.15) is 5.82 Å². The summed E-state index contributed by atoms with van der Waals surface area (Å²) in [5, 5.41) is 2.65. The van der Waals surface area contributed by atoms with E-state index in [-0.39, 0.29) is 11.3 Å². The molecule has 0 atom stereocenters. The standard InChI is InChI=1S/C16H13FN2O/c1-3-11-5-4-6-13(7-11)19-16(20)12-8-14(17)10(2)15(18)9-12/h1,4-9H,18H2,2H3,(H,19,20). The predicted octanol–water partition coefficient (Wildman–Crippen LogP) is 2.95. The fourth-order valence-electron chi connectivity index (χ4n) is 1.72. The third kappa shape index (κ3) is 2.78. The van der Waals surface area contributed by atoms with Crippen LogP contribution < -0.4 is 11.1 Å². The molecule has 0 bridgehead atoms. The molecule has 0 aliphatic rings. The third-order valence-electron chi connectivity index (χ3n) is 2.93. The van der Waals surface area contributed by atoms with E-state index < -0.39 is 11.7 Å². The van der Waals surface area contributed by atoms with Crippen molar-refractivity contribution < 1.29 is 9.18 Å². The molecule has 3 nitrogen and oxygen atoms in total. The van der Waals surface area contributed by atoms with Crippen molar-refractivity contribution in [3.63, 3.8) is 0 Å². The van der Waals surface area contributed by atoms with Crippen molar-refractivity contribution in [1.29, 1.82) is 0 Å². The molecule has 20 heavy (non-hydrogen) atoms. The van der Waals surface area contributed by atoms with Gasteiger partial charge in [0.15, 0.2) is 0 Å². The van der Waals surface area contributed by atoms with Gasteiger partial charge in [-0.25, -0.2) is 4.39 Å². The number of nitrogen functional groups attached to an aromatic ring is 1. The van der Waals surface area contributed by atoms with E-state index in [0.29, 0.717) is 16.8 Å². The molecular formula is C16H13FN2O. The van der Waals surface area contributed by atoms with Gasteiger partial charge in [-0.3, -0.25) is 4.79 Å². The molecule has 4 heteroatoms. The predicted molar refractivity (Wildman–Crippen MR) is 77.9 cm³/mol. The highest BCUT2D eigenvalue weighted by molar-refractivity contribution is 6.05. The monoisotopic (exact) mass is 268 g/mol. The second-order valence-corrected chi connectivity index (χ2v) is 4.35. The van der Waals surface area contributed by atoms with Crippen LogP contribution in [0.1, 0.15) is 21.5 Å². The van der Waals surface area contributed by atoms with Crippen molar-refractivity contribution in [1.82, 2.24) is 0 Å². The molecule has 2 rings (SSSR count). The lowest BCUT2D eigenvalue weighted by molar-refractivity contribution is 0.102. The number of rotatable bonds is 2. The molecule has 0 aromatic heterocycles. The summed E-state index contributed by atoms with van der Waals surface area (Å²) in [5.74, 6) is 1.53. The average molecular weight is 268 g/mol. The smallest absolute Gasteiger partial charge is 0.255 e. The molecule has 0 radical (unpaired) electrons. The molecule has 1 amide bonds. The number of amides is 1. The molecule has 0 spiro atoms. The number of halogens is 1. The molecule has 3 N–H and O–H groups in total. The van der Waals surface area contributed by atoms with Crippen LogP contribution in [0.5, 0.6) is 0 Å². The van der Waals surface area contributed by atoms with Gasteiger partial charge in [0.2, 0.25) is 0 Å². The number of carbonyl (C=O) groups excluding carboxylic acids is 1. The van der Waals surface area contributed by atoms with Gasteiger partial charge in [0, 0.05) is 28.1 Å². The van der Waals surface area contributed by atoms with E-state index in [9.17, 15) is 9.18 Å². The Kier molecular flexibility index (Phi) is 3.72. The lowest BCUT2D eigenvalue weighted by Crippen LogP contribution is -2.13. The molecule has 2 aromatic rings. The van der Waals surface area contributed by atoms with Crippen LogP contribution in [-0.2, 0) is 0 Å². The highest BCUT2D eigenvalue weighted by atomic mass is 19.1. The van der Waals surface area contributed by atoms with Gasteiger partial charge in [0.25, 0.3) is 5.91 Å². The number of carbonyl (C=O) groups is 1. The second kappa shape index (κ2) is 5.45. The van der Waals surface area contributed by atoms with Gasteiger partial charge >= 0.3 is 0 Å². The summed E-state index contributed by atoms with van der Waals surface area (Å²) >= 11 is 0. The number of terminal acetylenes is 1. The number of hydrogen-bond acceptors (Lipinski definition) is 2. The van der Waals surface area contributed by atoms with Crippen LogP contribution in [0.4, 0.5) is 15.8 Å². The van der Waals surface area contributed by atoms with Gasteiger partial charge in [0.05, 0.1) is 0 Å². The normalized spacial score (nSPS) is 9.85. The van der Waals surface area contributed by atoms with E-state index >= 15 is 0 Å². The van der Waals surface area contributed by atoms with Crippen molar-refractivity contribution in [3.05, 3.63) is 58.9 Å². The first-order chi connectivity index (χ1) is 9.51. The lowest BCUT2D eigenvalue weighted by Gasteiger charge is -2.08. The number of hydrogen-bond donors (Lipinski definition) is 2. The van der Waals surface area contributed by atoms with E-state index in [1.165, 1.54) is 6.07 Å². The first-order valence-corrected chi connectivity index (χ1v) is 5.95. The van der Waals surface area contributed by atoms with Gasteiger partial charge in [-0.15, -0.1) is 6.42 Å². The van der Waals surface area contributed by atoms with Crippen LogP contribution in [-0.4, -0.2) is 5.91 Å². The zero-order valence-electron chi connectivity index (χ0n) is 10.9. The molecule has 0 heterocycles. The topological polar surface area (TPSA) is 55.1 Å². The van der Waals surface area contributed by atoms with Crippen LogP contribution in [0.25, 0.3) is 0 Å². The van der Waals surface area contributed by atoms with Crippen molar-refractivity contribution >= 4 is 17.3 Å². The summed E-state index contributed by atoms with van der Waals surface area (Å²) in [4.78, 5) is 12.0. The van der Waals surface area contributed by atoms with E-state index in [1.807, 2.05) is 0 Å². The van der Waals surface area contributed by atoms with Gasteiger partial charge in [-0.1, -0.05) is 12.0 Å². The van der Waals surface area contributed by atoms with Crippen LogP contribution in [0.15, 0.2) is 36.4 Å². The Balaban J connectivity index is 2.26. The van der Waals surface area contributed by atoms with Crippen LogP contribution in [0.3, 0.4) is 0 Å². The number of anilines is 2. The zero-order valence-corrected chi connectivity index (χ0v) is 10.9. The van der Waals surface area contributed by atoms with Crippen molar-refractivity contribution in [2.75, 3.05) is 11.1 Å². The first-order valence-electron chi connectivity index (χ1n) is 5.95. The Hall–Kier alpha value is -2.80. The van der Waals surface area contributed by atoms with Crippen molar-refractivity contribution in [3.8, 4) is 12.3 Å². The largest absolute Gasteiger partial charge is 0.398 e. The second-order valence-electron chi connectivity index (χ2n) is 4.35. The summed E-state index contributed by atoms with van der Waals surface area (Å²) < 4.78 is 13.6. The fraction of sp³-hybridized carbons (Fsp3) is 0.0625. The van der Waals surface area contributed by atoms with Crippen molar-refractivity contribution in [2.24, 2.45) is 0 Å². The summed E-state index contributed by atoms with van der Waals surface area (Å²) in [6.45, 7) is 1.56. The molecule has 0 aliphatic heterocycles. The van der Waals surface area contributed by atoms with Crippen LogP contribution in [0.2, 0.25) is 0 Å². The van der Waals surface area contributed by atoms with Crippen LogP contribution >= 0.6 is 0 Å². The lowest BCUT2D eigenvalue weighted by atomic mass is 10.1. The minimum Gasteiger partial charge on any atom is -0.398 e. The maximum atomic E-state index is 13.6. The Morgan fingerprint density at radius 2 is 2.10 bits per heavy atom. The number of nitrogens with one attached hydrogen (secondary N) is 1. The fourth-order valence-corrected chi connectivity index (χ4v) is 1.72. The first kappa shape index (κ1) is 13.6. The number of nitrogens with two attached hydrogens (primary N) is 1. The zero-order chi connectivity index (χ0) is 14.7. The molecule has 0 saturated heterocycles. The summed E-state index contributed by atoms with van der Waals surface area (Å²) in [6.07, 6.45) is 5.29. The Morgan fingerprint density at radius 1 is 1.35 bits per heavy atom. The molecule has 2 aromatic carbocycles. The quantitative estimate of drug-likeness (QED) is 0.650. The van der Waals surface area contributed by atoms with Gasteiger partial charge in [-0.05, 0) is 37.3 Å². The molecule has 0 saturated carbocycles. The molecule has 0 unspecified atom stereocenters. The maximum Gasteiger partial charge on any atom is 0.255 e. The minimum atomic E-state index is -0.507. The van der Waals surface area contributed by atoms with E-state index in [0.717, 1.165) is 6.07 Å². The third-order valence-corrected chi connectivity index (χ3v) is 2.93. The maximum absolute atomic E-state index is 13.6. The summed E-state index contributed by atoms with van der Waals surface area (Å²) in [7, 11) is 0. The van der Waals surface area contributed by atoms with Gasteiger partial charge in [-0.2, -0.15) is 0 Å². The summed E-state index contributed by atoms with van der Waals surface area (Å²) in [6, 6.07) is 9.44. The van der Waals surface area contributed by atoms with E-state index in [1.54, 1.807) is 31.2 Å². The molecule has 100 valence electrons. The SMILES string of the molecule is C#Cc1cccc(NC(=O)c2cc(N)c(C)c(F)c2)c1. The van der Waals surface area contributed by atoms with E-state index in [4.69, 9.17) is 12.2 Å². The Bertz CT molecular complexity index is 694. The van der Waals surface area contributed by atoms with Crippen molar-refractivity contribution in [2.45, 2.75) is 6.92 Å². The van der Waals surface area contributed by atoms with Crippen LogP contribution in [0, 0.1) is 25.1 Å². The average Bonchev–Trinajstić information content (AvgIpc) is 2.44. The molecular weight excluding hydrogens is 255 g/mol. The Morgan fingerprint density at radius 3 is 2.75 bits per heavy atom. The highest BCUT2D eigenvalue weighted by Gasteiger charge is 2.11.